The Hall–Kier alpha value is -2.16. The standard InChI is InChI=1S/C18H19NO5S2/c1-24-14-6-4-5-13(11-14)12-15(18(20)21)16-7-8-17(25-16)26(22,23)19-9-2-3-10-19/h4-8,11-12H,2-3,9-10H2,1H3,(H,20,21)/b15-12-. The Labute approximate surface area is 156 Å². The fourth-order valence-electron chi connectivity index (χ4n) is 2.80. The van der Waals surface area contributed by atoms with Gasteiger partial charge in [-0.15, -0.1) is 11.3 Å². The molecule has 0 atom stereocenters. The van der Waals surface area contributed by atoms with Gasteiger partial charge >= 0.3 is 5.97 Å². The van der Waals surface area contributed by atoms with E-state index >= 15 is 0 Å². The summed E-state index contributed by atoms with van der Waals surface area (Å²) in [5, 5.41) is 9.59. The van der Waals surface area contributed by atoms with Gasteiger partial charge in [0.15, 0.2) is 0 Å². The Bertz CT molecular complexity index is 940. The van der Waals surface area contributed by atoms with Gasteiger partial charge in [-0.1, -0.05) is 12.1 Å². The van der Waals surface area contributed by atoms with E-state index in [1.807, 2.05) is 0 Å². The maximum atomic E-state index is 12.6. The number of hydrogen-bond donors (Lipinski definition) is 1. The van der Waals surface area contributed by atoms with Crippen molar-refractivity contribution in [2.45, 2.75) is 17.1 Å². The van der Waals surface area contributed by atoms with Crippen molar-refractivity contribution >= 4 is 39.0 Å². The Kier molecular flexibility index (Phi) is 5.45. The van der Waals surface area contributed by atoms with Gasteiger partial charge in [0.2, 0.25) is 0 Å². The zero-order valence-electron chi connectivity index (χ0n) is 14.2. The van der Waals surface area contributed by atoms with Crippen LogP contribution in [-0.2, 0) is 14.8 Å². The summed E-state index contributed by atoms with van der Waals surface area (Å²) in [6, 6.07) is 10.1. The number of thiophene rings is 1. The van der Waals surface area contributed by atoms with Crippen LogP contribution in [0.2, 0.25) is 0 Å². The van der Waals surface area contributed by atoms with Crippen LogP contribution in [0, 0.1) is 0 Å². The van der Waals surface area contributed by atoms with Crippen molar-refractivity contribution in [2.24, 2.45) is 0 Å². The molecule has 1 aromatic heterocycles. The summed E-state index contributed by atoms with van der Waals surface area (Å²) in [6.45, 7) is 1.03. The molecule has 1 aromatic carbocycles. The molecule has 0 aliphatic carbocycles. The highest BCUT2D eigenvalue weighted by Crippen LogP contribution is 2.32. The largest absolute Gasteiger partial charge is 0.497 e. The van der Waals surface area contributed by atoms with E-state index in [9.17, 15) is 18.3 Å². The van der Waals surface area contributed by atoms with Gasteiger partial charge in [-0.05, 0) is 48.7 Å². The van der Waals surface area contributed by atoms with Crippen molar-refractivity contribution in [1.29, 1.82) is 0 Å². The number of hydrogen-bond acceptors (Lipinski definition) is 5. The SMILES string of the molecule is COc1cccc(/C=C(\C(=O)O)c2ccc(S(=O)(=O)N3CCCC3)s2)c1. The lowest BCUT2D eigenvalue weighted by Gasteiger charge is -2.13. The number of carbonyl (C=O) groups is 1. The molecule has 1 fully saturated rings. The van der Waals surface area contributed by atoms with Crippen LogP contribution in [0.4, 0.5) is 0 Å². The van der Waals surface area contributed by atoms with Crippen molar-refractivity contribution in [2.75, 3.05) is 20.2 Å². The number of methoxy groups -OCH3 is 1. The molecule has 0 bridgehead atoms. The van der Waals surface area contributed by atoms with Crippen molar-refractivity contribution in [3.63, 3.8) is 0 Å². The van der Waals surface area contributed by atoms with Gasteiger partial charge in [0.05, 0.1) is 12.7 Å². The van der Waals surface area contributed by atoms with Crippen LogP contribution >= 0.6 is 11.3 Å². The lowest BCUT2D eigenvalue weighted by atomic mass is 10.1. The molecule has 0 unspecified atom stereocenters. The number of benzene rings is 1. The quantitative estimate of drug-likeness (QED) is 0.762. The number of ether oxygens (including phenoxy) is 1. The Balaban J connectivity index is 1.96. The molecule has 1 saturated heterocycles. The van der Waals surface area contributed by atoms with Crippen molar-refractivity contribution in [1.82, 2.24) is 4.31 Å². The van der Waals surface area contributed by atoms with Gasteiger partial charge in [0, 0.05) is 18.0 Å². The first kappa shape index (κ1) is 18.6. The highest BCUT2D eigenvalue weighted by Gasteiger charge is 2.29. The van der Waals surface area contributed by atoms with Crippen LogP contribution in [0.25, 0.3) is 11.6 Å². The van der Waals surface area contributed by atoms with E-state index in [4.69, 9.17) is 4.74 Å². The summed E-state index contributed by atoms with van der Waals surface area (Å²) in [6.07, 6.45) is 3.23. The van der Waals surface area contributed by atoms with Crippen LogP contribution in [-0.4, -0.2) is 44.0 Å². The summed E-state index contributed by atoms with van der Waals surface area (Å²) in [4.78, 5) is 12.1. The van der Waals surface area contributed by atoms with E-state index < -0.39 is 16.0 Å². The van der Waals surface area contributed by atoms with Crippen molar-refractivity contribution < 1.29 is 23.1 Å². The monoisotopic (exact) mass is 393 g/mol. The van der Waals surface area contributed by atoms with E-state index in [1.165, 1.54) is 23.6 Å². The number of aliphatic carboxylic acids is 1. The second-order valence-electron chi connectivity index (χ2n) is 5.87. The highest BCUT2D eigenvalue weighted by atomic mass is 32.2. The van der Waals surface area contributed by atoms with Crippen molar-refractivity contribution in [3.8, 4) is 5.75 Å². The minimum absolute atomic E-state index is 0.0473. The molecule has 0 saturated carbocycles. The molecule has 1 aliphatic rings. The highest BCUT2D eigenvalue weighted by molar-refractivity contribution is 7.91. The van der Waals surface area contributed by atoms with Crippen LogP contribution < -0.4 is 4.74 Å². The molecule has 0 spiro atoms. The number of carboxylic acids is 1. The fraction of sp³-hybridized carbons (Fsp3) is 0.278. The predicted molar refractivity (Wildman–Crippen MR) is 101 cm³/mol. The van der Waals surface area contributed by atoms with E-state index in [1.54, 1.807) is 30.3 Å². The lowest BCUT2D eigenvalue weighted by Crippen LogP contribution is -2.27. The Morgan fingerprint density at radius 2 is 1.96 bits per heavy atom. The molecule has 6 nitrogen and oxygen atoms in total. The lowest BCUT2D eigenvalue weighted by molar-refractivity contribution is -0.130. The molecule has 2 heterocycles. The molecule has 1 N–H and O–H groups in total. The average molecular weight is 393 g/mol. The van der Waals surface area contributed by atoms with Crippen LogP contribution in [0.15, 0.2) is 40.6 Å². The maximum Gasteiger partial charge on any atom is 0.337 e. The summed E-state index contributed by atoms with van der Waals surface area (Å²) in [5.41, 5.74) is 0.713. The third-order valence-corrected chi connectivity index (χ3v) is 7.63. The molecule has 8 heteroatoms. The van der Waals surface area contributed by atoms with E-state index in [0.29, 0.717) is 29.3 Å². The molecule has 0 amide bonds. The Morgan fingerprint density at radius 1 is 1.23 bits per heavy atom. The molecule has 0 radical (unpaired) electrons. The molecule has 3 rings (SSSR count). The normalized spacial score (nSPS) is 16.0. The molecular formula is C18H19NO5S2. The summed E-state index contributed by atoms with van der Waals surface area (Å²) >= 11 is 0.982. The fourth-order valence-corrected chi connectivity index (χ4v) is 5.78. The molecule has 2 aromatic rings. The van der Waals surface area contributed by atoms with Gasteiger partial charge < -0.3 is 9.84 Å². The van der Waals surface area contributed by atoms with E-state index in [0.717, 1.165) is 24.2 Å². The van der Waals surface area contributed by atoms with Crippen LogP contribution in [0.3, 0.4) is 0 Å². The maximum absolute atomic E-state index is 12.6. The number of rotatable bonds is 6. The van der Waals surface area contributed by atoms with Gasteiger partial charge in [0.1, 0.15) is 9.96 Å². The third-order valence-electron chi connectivity index (χ3n) is 4.14. The summed E-state index contributed by atoms with van der Waals surface area (Å²) < 4.78 is 32.0. The first-order chi connectivity index (χ1) is 12.4. The number of carboxylic acid groups (broad SMARTS) is 1. The van der Waals surface area contributed by atoms with Gasteiger partial charge in [-0.2, -0.15) is 4.31 Å². The first-order valence-electron chi connectivity index (χ1n) is 8.11. The smallest absolute Gasteiger partial charge is 0.337 e. The van der Waals surface area contributed by atoms with Gasteiger partial charge in [-0.25, -0.2) is 13.2 Å². The first-order valence-corrected chi connectivity index (χ1v) is 10.4. The zero-order chi connectivity index (χ0) is 18.7. The average Bonchev–Trinajstić information content (AvgIpc) is 3.31. The number of nitrogens with zero attached hydrogens (tertiary/aromatic N) is 1. The Morgan fingerprint density at radius 3 is 2.62 bits per heavy atom. The molecule has 1 aliphatic heterocycles. The minimum atomic E-state index is -3.55. The van der Waals surface area contributed by atoms with E-state index in [2.05, 4.69) is 0 Å². The summed E-state index contributed by atoms with van der Waals surface area (Å²) in [7, 11) is -2.01. The van der Waals surface area contributed by atoms with Gasteiger partial charge in [-0.3, -0.25) is 0 Å². The minimum Gasteiger partial charge on any atom is -0.497 e. The predicted octanol–water partition coefficient (Wildman–Crippen LogP) is 3.17. The van der Waals surface area contributed by atoms with Gasteiger partial charge in [0.25, 0.3) is 10.0 Å². The summed E-state index contributed by atoms with van der Waals surface area (Å²) in [5.74, 6) is -0.494. The van der Waals surface area contributed by atoms with E-state index in [-0.39, 0.29) is 9.78 Å². The second kappa shape index (κ2) is 7.61. The van der Waals surface area contributed by atoms with Crippen LogP contribution in [0.1, 0.15) is 23.3 Å². The zero-order valence-corrected chi connectivity index (χ0v) is 15.8. The number of sulfonamides is 1. The third kappa shape index (κ3) is 3.82. The van der Waals surface area contributed by atoms with Crippen LogP contribution in [0.5, 0.6) is 5.75 Å². The topological polar surface area (TPSA) is 83.9 Å². The second-order valence-corrected chi connectivity index (χ2v) is 9.12. The molecular weight excluding hydrogens is 374 g/mol. The van der Waals surface area contributed by atoms with Crippen molar-refractivity contribution in [3.05, 3.63) is 46.8 Å². The molecule has 138 valence electrons. The molecule has 26 heavy (non-hydrogen) atoms.